The minimum absolute atomic E-state index is 0.781. The Bertz CT molecular complexity index is 806. The number of fused-ring (bicyclic) bond motifs is 1. The molecule has 120 valence electrons. The minimum atomic E-state index is 0.781. The van der Waals surface area contributed by atoms with E-state index in [1.54, 1.807) is 18.4 Å². The Kier molecular flexibility index (Phi) is 5.35. The molecule has 3 aromatic rings. The van der Waals surface area contributed by atoms with Crippen molar-refractivity contribution < 1.29 is 0 Å². The number of aromatic amines is 1. The number of H-pyrrole nitrogens is 1. The maximum atomic E-state index is 4.27. The highest BCUT2D eigenvalue weighted by molar-refractivity contribution is 9.11. The standard InChI is InChI=1S/C17H19BrN4S/c1-19-17(22-11-13-6-7-16(18)23-13)20-9-8-12-10-21-15-5-3-2-4-14(12)15/h2-7,10,21H,8-9,11H2,1H3,(H2,19,20,22). The van der Waals surface area contributed by atoms with Gasteiger partial charge in [-0.3, -0.25) is 4.99 Å². The molecular formula is C17H19BrN4S. The summed E-state index contributed by atoms with van der Waals surface area (Å²) in [6.45, 7) is 1.62. The summed E-state index contributed by atoms with van der Waals surface area (Å²) in [5.74, 6) is 0.828. The summed E-state index contributed by atoms with van der Waals surface area (Å²) in [7, 11) is 1.80. The van der Waals surface area contributed by atoms with E-state index < -0.39 is 0 Å². The second-order valence-corrected chi connectivity index (χ2v) is 7.72. The van der Waals surface area contributed by atoms with Gasteiger partial charge in [-0.25, -0.2) is 0 Å². The van der Waals surface area contributed by atoms with Gasteiger partial charge in [0.15, 0.2) is 5.96 Å². The number of halogens is 1. The van der Waals surface area contributed by atoms with Gasteiger partial charge in [0.05, 0.1) is 10.3 Å². The number of rotatable bonds is 5. The molecule has 6 heteroatoms. The lowest BCUT2D eigenvalue weighted by molar-refractivity contribution is 0.801. The van der Waals surface area contributed by atoms with Crippen LogP contribution >= 0.6 is 27.3 Å². The molecule has 1 aromatic carbocycles. The van der Waals surface area contributed by atoms with Gasteiger partial charge in [0, 0.05) is 35.6 Å². The number of nitrogens with zero attached hydrogens (tertiary/aromatic N) is 1. The number of nitrogens with one attached hydrogen (secondary N) is 3. The highest BCUT2D eigenvalue weighted by Gasteiger charge is 2.04. The lowest BCUT2D eigenvalue weighted by atomic mass is 10.1. The van der Waals surface area contributed by atoms with Gasteiger partial charge in [0.25, 0.3) is 0 Å². The molecular weight excluding hydrogens is 372 g/mol. The highest BCUT2D eigenvalue weighted by Crippen LogP contribution is 2.21. The molecule has 0 aliphatic carbocycles. The van der Waals surface area contributed by atoms with Crippen molar-refractivity contribution in [2.24, 2.45) is 4.99 Å². The molecule has 0 saturated heterocycles. The van der Waals surface area contributed by atoms with E-state index in [1.165, 1.54) is 21.3 Å². The van der Waals surface area contributed by atoms with Crippen LogP contribution in [0.5, 0.6) is 0 Å². The predicted molar refractivity (Wildman–Crippen MR) is 102 cm³/mol. The summed E-state index contributed by atoms with van der Waals surface area (Å²) in [4.78, 5) is 8.86. The normalized spacial score (nSPS) is 11.8. The fraction of sp³-hybridized carbons (Fsp3) is 0.235. The third-order valence-corrected chi connectivity index (χ3v) is 5.27. The molecule has 3 N–H and O–H groups in total. The zero-order chi connectivity index (χ0) is 16.1. The van der Waals surface area contributed by atoms with Crippen LogP contribution in [-0.4, -0.2) is 24.5 Å². The number of thiophene rings is 1. The maximum absolute atomic E-state index is 4.27. The molecule has 0 amide bonds. The average molecular weight is 391 g/mol. The van der Waals surface area contributed by atoms with Crippen molar-refractivity contribution in [2.45, 2.75) is 13.0 Å². The second-order valence-electron chi connectivity index (χ2n) is 5.17. The first-order chi connectivity index (χ1) is 11.3. The summed E-state index contributed by atoms with van der Waals surface area (Å²) in [5, 5.41) is 8.00. The van der Waals surface area contributed by atoms with E-state index in [0.717, 1.165) is 29.3 Å². The number of hydrogen-bond acceptors (Lipinski definition) is 2. The fourth-order valence-corrected chi connectivity index (χ4v) is 3.92. The lowest BCUT2D eigenvalue weighted by Crippen LogP contribution is -2.37. The Labute approximate surface area is 148 Å². The maximum Gasteiger partial charge on any atom is 0.191 e. The Morgan fingerprint density at radius 1 is 1.22 bits per heavy atom. The molecule has 0 radical (unpaired) electrons. The molecule has 2 aromatic heterocycles. The molecule has 0 aliphatic heterocycles. The van der Waals surface area contributed by atoms with Gasteiger partial charge >= 0.3 is 0 Å². The van der Waals surface area contributed by atoms with Crippen LogP contribution in [0, 0.1) is 0 Å². The molecule has 0 bridgehead atoms. The van der Waals surface area contributed by atoms with Crippen molar-refractivity contribution in [1.29, 1.82) is 0 Å². The molecule has 4 nitrogen and oxygen atoms in total. The fourth-order valence-electron chi connectivity index (χ4n) is 2.49. The summed E-state index contributed by atoms with van der Waals surface area (Å²) in [6, 6.07) is 12.6. The number of para-hydroxylation sites is 1. The molecule has 0 unspecified atom stereocenters. The van der Waals surface area contributed by atoms with Crippen LogP contribution in [0.2, 0.25) is 0 Å². The molecule has 0 fully saturated rings. The highest BCUT2D eigenvalue weighted by atomic mass is 79.9. The van der Waals surface area contributed by atoms with E-state index in [4.69, 9.17) is 0 Å². The largest absolute Gasteiger partial charge is 0.361 e. The summed E-state index contributed by atoms with van der Waals surface area (Å²) in [6.07, 6.45) is 3.04. The minimum Gasteiger partial charge on any atom is -0.361 e. The Morgan fingerprint density at radius 3 is 2.87 bits per heavy atom. The van der Waals surface area contributed by atoms with Gasteiger partial charge in [-0.15, -0.1) is 11.3 Å². The van der Waals surface area contributed by atoms with Crippen molar-refractivity contribution in [3.8, 4) is 0 Å². The van der Waals surface area contributed by atoms with Crippen LogP contribution in [0.15, 0.2) is 51.4 Å². The predicted octanol–water partition coefficient (Wildman–Crippen LogP) is 3.90. The second kappa shape index (κ2) is 7.66. The first-order valence-electron chi connectivity index (χ1n) is 7.50. The Balaban J connectivity index is 1.50. The number of benzene rings is 1. The Hall–Kier alpha value is -1.79. The van der Waals surface area contributed by atoms with Crippen LogP contribution in [0.25, 0.3) is 10.9 Å². The molecule has 0 aliphatic rings. The van der Waals surface area contributed by atoms with Gasteiger partial charge in [0.1, 0.15) is 0 Å². The first-order valence-corrected chi connectivity index (χ1v) is 9.11. The molecule has 3 rings (SSSR count). The molecule has 2 heterocycles. The monoisotopic (exact) mass is 390 g/mol. The van der Waals surface area contributed by atoms with Gasteiger partial charge in [-0.2, -0.15) is 0 Å². The molecule has 0 saturated carbocycles. The van der Waals surface area contributed by atoms with E-state index in [2.05, 4.69) is 79.1 Å². The van der Waals surface area contributed by atoms with Crippen molar-refractivity contribution in [3.63, 3.8) is 0 Å². The third kappa shape index (κ3) is 4.14. The van der Waals surface area contributed by atoms with Crippen molar-refractivity contribution >= 4 is 44.1 Å². The number of aliphatic imine (C=N–C) groups is 1. The van der Waals surface area contributed by atoms with E-state index in [-0.39, 0.29) is 0 Å². The van der Waals surface area contributed by atoms with Crippen LogP contribution in [0.3, 0.4) is 0 Å². The zero-order valence-corrected chi connectivity index (χ0v) is 15.3. The quantitative estimate of drug-likeness (QED) is 0.457. The van der Waals surface area contributed by atoms with Crippen molar-refractivity contribution in [2.75, 3.05) is 13.6 Å². The van der Waals surface area contributed by atoms with Gasteiger partial charge in [0.2, 0.25) is 0 Å². The number of aromatic nitrogens is 1. The van der Waals surface area contributed by atoms with Crippen LogP contribution in [0.4, 0.5) is 0 Å². The van der Waals surface area contributed by atoms with E-state index in [9.17, 15) is 0 Å². The van der Waals surface area contributed by atoms with E-state index >= 15 is 0 Å². The smallest absolute Gasteiger partial charge is 0.191 e. The number of hydrogen-bond donors (Lipinski definition) is 3. The van der Waals surface area contributed by atoms with Gasteiger partial charge in [-0.05, 0) is 46.1 Å². The molecule has 0 spiro atoms. The topological polar surface area (TPSA) is 52.2 Å². The van der Waals surface area contributed by atoms with E-state index in [1.807, 2.05) is 0 Å². The van der Waals surface area contributed by atoms with Crippen molar-refractivity contribution in [1.82, 2.24) is 15.6 Å². The molecule has 0 atom stereocenters. The zero-order valence-electron chi connectivity index (χ0n) is 12.9. The average Bonchev–Trinajstić information content (AvgIpc) is 3.17. The van der Waals surface area contributed by atoms with Crippen LogP contribution in [0.1, 0.15) is 10.4 Å². The number of guanidine groups is 1. The SMILES string of the molecule is CN=C(NCCc1c[nH]c2ccccc12)NCc1ccc(Br)s1. The first kappa shape index (κ1) is 16.1. The van der Waals surface area contributed by atoms with Gasteiger partial charge < -0.3 is 15.6 Å². The third-order valence-electron chi connectivity index (χ3n) is 3.64. The Morgan fingerprint density at radius 2 is 2.09 bits per heavy atom. The lowest BCUT2D eigenvalue weighted by Gasteiger charge is -2.10. The van der Waals surface area contributed by atoms with E-state index in [0.29, 0.717) is 0 Å². The molecule has 23 heavy (non-hydrogen) atoms. The summed E-state index contributed by atoms with van der Waals surface area (Å²) >= 11 is 5.21. The summed E-state index contributed by atoms with van der Waals surface area (Å²) in [5.41, 5.74) is 2.51. The summed E-state index contributed by atoms with van der Waals surface area (Å²) < 4.78 is 1.15. The van der Waals surface area contributed by atoms with Crippen LogP contribution < -0.4 is 10.6 Å². The van der Waals surface area contributed by atoms with Gasteiger partial charge in [-0.1, -0.05) is 18.2 Å². The van der Waals surface area contributed by atoms with Crippen molar-refractivity contribution in [3.05, 3.63) is 56.8 Å². The van der Waals surface area contributed by atoms with Crippen LogP contribution in [-0.2, 0) is 13.0 Å².